The van der Waals surface area contributed by atoms with E-state index in [2.05, 4.69) is 5.32 Å². The highest BCUT2D eigenvalue weighted by molar-refractivity contribution is 7.92. The van der Waals surface area contributed by atoms with E-state index in [1.165, 1.54) is 47.4 Å². The van der Waals surface area contributed by atoms with Crippen LogP contribution in [0.2, 0.25) is 5.02 Å². The Labute approximate surface area is 234 Å². The van der Waals surface area contributed by atoms with Crippen molar-refractivity contribution in [3.63, 3.8) is 0 Å². The Hall–Kier alpha value is -3.43. The molecule has 3 rings (SSSR count). The maximum absolute atomic E-state index is 13.9. The largest absolute Gasteiger partial charge is 0.350 e. The molecule has 7 nitrogen and oxygen atoms in total. The molecule has 39 heavy (non-hydrogen) atoms. The first-order valence-corrected chi connectivity index (χ1v) is 14.2. The van der Waals surface area contributed by atoms with E-state index < -0.39 is 45.8 Å². The van der Waals surface area contributed by atoms with E-state index in [4.69, 9.17) is 11.6 Å². The average molecular weight is 574 g/mol. The molecule has 0 heterocycles. The summed E-state index contributed by atoms with van der Waals surface area (Å²) in [5, 5.41) is 3.16. The smallest absolute Gasteiger partial charge is 0.264 e. The Morgan fingerprint density at radius 1 is 1.00 bits per heavy atom. The average Bonchev–Trinajstić information content (AvgIpc) is 2.85. The van der Waals surface area contributed by atoms with E-state index in [0.717, 1.165) is 9.87 Å². The molecule has 0 aliphatic heterocycles. The summed E-state index contributed by atoms with van der Waals surface area (Å²) in [7, 11) is -4.19. The van der Waals surface area contributed by atoms with Gasteiger partial charge in [-0.3, -0.25) is 13.9 Å². The number of hydrogen-bond acceptors (Lipinski definition) is 4. The van der Waals surface area contributed by atoms with Crippen LogP contribution in [-0.4, -0.2) is 43.3 Å². The monoisotopic (exact) mass is 573 g/mol. The molecule has 3 aromatic carbocycles. The van der Waals surface area contributed by atoms with Gasteiger partial charge in [0, 0.05) is 17.1 Å². The van der Waals surface area contributed by atoms with Crippen molar-refractivity contribution in [3.8, 4) is 0 Å². The SMILES string of the molecule is Cc1ccc(S(=O)(=O)N(CC(=O)N(Cc2ccc(F)cc2)[C@@H](C)C(=O)NC(C)(C)C)c2cccc(Cl)c2)cc1. The number of carbonyl (C=O) groups is 2. The number of hydrogen-bond donors (Lipinski definition) is 1. The molecule has 0 aromatic heterocycles. The predicted molar refractivity (Wildman–Crippen MR) is 151 cm³/mol. The van der Waals surface area contributed by atoms with Gasteiger partial charge in [0.25, 0.3) is 10.0 Å². The Morgan fingerprint density at radius 3 is 2.18 bits per heavy atom. The van der Waals surface area contributed by atoms with Gasteiger partial charge in [0.2, 0.25) is 11.8 Å². The number of anilines is 1. The number of carbonyl (C=O) groups excluding carboxylic acids is 2. The molecule has 2 amide bonds. The van der Waals surface area contributed by atoms with Gasteiger partial charge in [-0.1, -0.05) is 47.5 Å². The van der Waals surface area contributed by atoms with Gasteiger partial charge >= 0.3 is 0 Å². The lowest BCUT2D eigenvalue weighted by molar-refractivity contribution is -0.140. The van der Waals surface area contributed by atoms with Gasteiger partial charge in [0.05, 0.1) is 10.6 Å². The zero-order valence-electron chi connectivity index (χ0n) is 22.6. The van der Waals surface area contributed by atoms with Crippen molar-refractivity contribution in [3.05, 3.63) is 94.8 Å². The third-order valence-corrected chi connectivity index (χ3v) is 7.94. The molecule has 0 unspecified atom stereocenters. The number of rotatable bonds is 9. The zero-order valence-corrected chi connectivity index (χ0v) is 24.2. The number of nitrogens with one attached hydrogen (secondary N) is 1. The van der Waals surface area contributed by atoms with Crippen LogP contribution in [0.25, 0.3) is 0 Å². The molecule has 10 heteroatoms. The lowest BCUT2D eigenvalue weighted by atomic mass is 10.1. The van der Waals surface area contributed by atoms with Crippen molar-refractivity contribution in [1.82, 2.24) is 10.2 Å². The fraction of sp³-hybridized carbons (Fsp3) is 0.310. The fourth-order valence-corrected chi connectivity index (χ4v) is 5.43. The molecule has 208 valence electrons. The van der Waals surface area contributed by atoms with Gasteiger partial charge in [-0.2, -0.15) is 0 Å². The molecule has 0 bridgehead atoms. The molecule has 0 aliphatic carbocycles. The molecule has 0 aliphatic rings. The van der Waals surface area contributed by atoms with Crippen LogP contribution in [0.5, 0.6) is 0 Å². The fourth-order valence-electron chi connectivity index (χ4n) is 3.84. The molecule has 1 atom stereocenters. The molecular formula is C29H33ClFN3O4S. The van der Waals surface area contributed by atoms with Gasteiger partial charge < -0.3 is 10.2 Å². The summed E-state index contributed by atoms with van der Waals surface area (Å²) in [4.78, 5) is 28.2. The topological polar surface area (TPSA) is 86.8 Å². The first-order valence-electron chi connectivity index (χ1n) is 12.4. The summed E-state index contributed by atoms with van der Waals surface area (Å²) in [6.45, 7) is 8.24. The van der Waals surface area contributed by atoms with E-state index in [1.54, 1.807) is 37.3 Å². The van der Waals surface area contributed by atoms with Crippen LogP contribution >= 0.6 is 11.6 Å². The summed E-state index contributed by atoms with van der Waals surface area (Å²) in [5.41, 5.74) is 1.10. The molecule has 3 aromatic rings. The molecule has 0 saturated heterocycles. The second-order valence-electron chi connectivity index (χ2n) is 10.4. The van der Waals surface area contributed by atoms with Crippen LogP contribution in [0.15, 0.2) is 77.7 Å². The minimum Gasteiger partial charge on any atom is -0.350 e. The van der Waals surface area contributed by atoms with Crippen molar-refractivity contribution in [2.24, 2.45) is 0 Å². The quantitative estimate of drug-likeness (QED) is 0.376. The van der Waals surface area contributed by atoms with Crippen LogP contribution in [0.1, 0.15) is 38.8 Å². The van der Waals surface area contributed by atoms with Crippen molar-refractivity contribution in [2.45, 2.75) is 57.6 Å². The Morgan fingerprint density at radius 2 is 1.62 bits per heavy atom. The van der Waals surface area contributed by atoms with E-state index in [9.17, 15) is 22.4 Å². The lowest BCUT2D eigenvalue weighted by Crippen LogP contribution is -2.54. The highest BCUT2D eigenvalue weighted by Gasteiger charge is 2.33. The van der Waals surface area contributed by atoms with E-state index in [1.807, 2.05) is 27.7 Å². The zero-order chi connectivity index (χ0) is 29.0. The summed E-state index contributed by atoms with van der Waals surface area (Å²) in [6.07, 6.45) is 0. The summed E-state index contributed by atoms with van der Waals surface area (Å²) in [6, 6.07) is 17.1. The molecule has 1 N–H and O–H groups in total. The second-order valence-corrected chi connectivity index (χ2v) is 12.7. The molecular weight excluding hydrogens is 541 g/mol. The standard InChI is InChI=1S/C29H33ClFN3O4S/c1-20-9-15-26(16-10-20)39(37,38)34(25-8-6-7-23(30)17-25)19-27(35)33(18-22-11-13-24(31)14-12-22)21(2)28(36)32-29(3,4)5/h6-17,21H,18-19H2,1-5H3,(H,32,36)/t21-/m0/s1. The van der Waals surface area contributed by atoms with Crippen LogP contribution in [0, 0.1) is 12.7 Å². The number of nitrogens with zero attached hydrogens (tertiary/aromatic N) is 2. The first-order chi connectivity index (χ1) is 18.2. The molecule has 0 fully saturated rings. The maximum atomic E-state index is 13.9. The third-order valence-electron chi connectivity index (χ3n) is 5.92. The highest BCUT2D eigenvalue weighted by atomic mass is 35.5. The first kappa shape index (κ1) is 30.1. The van der Waals surface area contributed by atoms with Crippen LogP contribution in [-0.2, 0) is 26.2 Å². The Kier molecular flexibility index (Phi) is 9.40. The van der Waals surface area contributed by atoms with Gasteiger partial charge in [-0.25, -0.2) is 12.8 Å². The van der Waals surface area contributed by atoms with E-state index >= 15 is 0 Å². The van der Waals surface area contributed by atoms with Crippen molar-refractivity contribution in [1.29, 1.82) is 0 Å². The van der Waals surface area contributed by atoms with Crippen LogP contribution in [0.4, 0.5) is 10.1 Å². The molecule has 0 spiro atoms. The van der Waals surface area contributed by atoms with Crippen molar-refractivity contribution in [2.75, 3.05) is 10.8 Å². The summed E-state index contributed by atoms with van der Waals surface area (Å²) < 4.78 is 42.1. The predicted octanol–water partition coefficient (Wildman–Crippen LogP) is 5.31. The summed E-state index contributed by atoms with van der Waals surface area (Å²) >= 11 is 6.18. The van der Waals surface area contributed by atoms with E-state index in [0.29, 0.717) is 10.6 Å². The second kappa shape index (κ2) is 12.2. The van der Waals surface area contributed by atoms with Gasteiger partial charge in [-0.15, -0.1) is 0 Å². The summed E-state index contributed by atoms with van der Waals surface area (Å²) in [5.74, 6) is -1.47. The normalized spacial score (nSPS) is 12.5. The number of halogens is 2. The number of benzene rings is 3. The Bertz CT molecular complexity index is 1420. The van der Waals surface area contributed by atoms with Crippen molar-refractivity contribution >= 4 is 39.1 Å². The Balaban J connectivity index is 2.03. The van der Waals surface area contributed by atoms with Gasteiger partial charge in [0.1, 0.15) is 18.4 Å². The number of amides is 2. The lowest BCUT2D eigenvalue weighted by Gasteiger charge is -2.33. The minimum absolute atomic E-state index is 0.00415. The number of sulfonamides is 1. The van der Waals surface area contributed by atoms with Crippen LogP contribution in [0.3, 0.4) is 0 Å². The molecule has 0 radical (unpaired) electrons. The van der Waals surface area contributed by atoms with E-state index in [-0.39, 0.29) is 17.1 Å². The highest BCUT2D eigenvalue weighted by Crippen LogP contribution is 2.27. The number of aryl methyl sites for hydroxylation is 1. The molecule has 0 saturated carbocycles. The van der Waals surface area contributed by atoms with Gasteiger partial charge in [0.15, 0.2) is 0 Å². The maximum Gasteiger partial charge on any atom is 0.264 e. The minimum atomic E-state index is -4.19. The van der Waals surface area contributed by atoms with Crippen LogP contribution < -0.4 is 9.62 Å². The van der Waals surface area contributed by atoms with Crippen molar-refractivity contribution < 1.29 is 22.4 Å². The van der Waals surface area contributed by atoms with Gasteiger partial charge in [-0.05, 0) is 82.6 Å². The third kappa shape index (κ3) is 8.03.